The highest BCUT2D eigenvalue weighted by Crippen LogP contribution is 2.30. The first-order valence-corrected chi connectivity index (χ1v) is 4.84. The molecule has 1 heterocycles. The van der Waals surface area contributed by atoms with E-state index < -0.39 is 17.3 Å². The molecule has 0 unspecified atom stereocenters. The van der Waals surface area contributed by atoms with Gasteiger partial charge in [-0.2, -0.15) is 13.2 Å². The minimum atomic E-state index is -4.46. The predicted molar refractivity (Wildman–Crippen MR) is 57.5 cm³/mol. The summed E-state index contributed by atoms with van der Waals surface area (Å²) < 4.78 is 37.5. The zero-order valence-corrected chi connectivity index (χ0v) is 8.58. The number of pyridine rings is 1. The van der Waals surface area contributed by atoms with Crippen molar-refractivity contribution < 1.29 is 13.2 Å². The molecule has 2 rings (SSSR count). The molecule has 0 radical (unpaired) electrons. The fourth-order valence-corrected chi connectivity index (χ4v) is 1.48. The lowest BCUT2D eigenvalue weighted by atomic mass is 10.1. The van der Waals surface area contributed by atoms with Crippen LogP contribution >= 0.6 is 0 Å². The van der Waals surface area contributed by atoms with Crippen molar-refractivity contribution in [3.05, 3.63) is 58.5 Å². The summed E-state index contributed by atoms with van der Waals surface area (Å²) in [5.74, 6) is 0. The van der Waals surface area contributed by atoms with Crippen molar-refractivity contribution in [2.75, 3.05) is 0 Å². The number of rotatable bonds is 1. The molecular weight excluding hydrogens is 231 g/mol. The number of aromatic nitrogens is 1. The van der Waals surface area contributed by atoms with Crippen LogP contribution < -0.4 is 5.56 Å². The fourth-order valence-electron chi connectivity index (χ4n) is 1.48. The molecule has 2 nitrogen and oxygen atoms in total. The van der Waals surface area contributed by atoms with Gasteiger partial charge >= 0.3 is 6.18 Å². The molecule has 88 valence electrons. The third-order valence-corrected chi connectivity index (χ3v) is 2.32. The monoisotopic (exact) mass is 239 g/mol. The van der Waals surface area contributed by atoms with Crippen LogP contribution in [0.15, 0.2) is 47.4 Å². The SMILES string of the molecule is O=c1[nH]cc(C(F)(F)F)cc1-c1ccccc1. The van der Waals surface area contributed by atoms with Gasteiger partial charge in [0.05, 0.1) is 5.56 Å². The van der Waals surface area contributed by atoms with Gasteiger partial charge in [0.1, 0.15) is 0 Å². The van der Waals surface area contributed by atoms with Crippen LogP contribution in [0.25, 0.3) is 11.1 Å². The molecule has 0 amide bonds. The number of hydrogen-bond acceptors (Lipinski definition) is 1. The van der Waals surface area contributed by atoms with Gasteiger partial charge in [-0.25, -0.2) is 0 Å². The Kier molecular flexibility index (Phi) is 2.75. The third-order valence-electron chi connectivity index (χ3n) is 2.32. The molecule has 0 saturated heterocycles. The Morgan fingerprint density at radius 3 is 2.29 bits per heavy atom. The van der Waals surface area contributed by atoms with Gasteiger partial charge in [0.2, 0.25) is 0 Å². The summed E-state index contributed by atoms with van der Waals surface area (Å²) in [4.78, 5) is 13.6. The number of alkyl halides is 3. The molecule has 2 aromatic rings. The van der Waals surface area contributed by atoms with E-state index in [4.69, 9.17) is 0 Å². The second-order valence-corrected chi connectivity index (χ2v) is 3.49. The minimum Gasteiger partial charge on any atom is -0.328 e. The van der Waals surface area contributed by atoms with E-state index in [1.807, 2.05) is 0 Å². The van der Waals surface area contributed by atoms with Crippen molar-refractivity contribution in [2.24, 2.45) is 0 Å². The van der Waals surface area contributed by atoms with Crippen LogP contribution in [0.2, 0.25) is 0 Å². The van der Waals surface area contributed by atoms with Crippen LogP contribution in [0.4, 0.5) is 13.2 Å². The van der Waals surface area contributed by atoms with Crippen molar-refractivity contribution in [1.29, 1.82) is 0 Å². The van der Waals surface area contributed by atoms with Crippen molar-refractivity contribution in [3.8, 4) is 11.1 Å². The number of hydrogen-bond donors (Lipinski definition) is 1. The molecule has 5 heteroatoms. The van der Waals surface area contributed by atoms with Crippen molar-refractivity contribution in [1.82, 2.24) is 4.98 Å². The van der Waals surface area contributed by atoms with E-state index in [1.165, 1.54) is 0 Å². The number of H-pyrrole nitrogens is 1. The summed E-state index contributed by atoms with van der Waals surface area (Å²) in [5, 5.41) is 0. The summed E-state index contributed by atoms with van der Waals surface area (Å²) >= 11 is 0. The summed E-state index contributed by atoms with van der Waals surface area (Å²) in [5.41, 5.74) is -0.930. The molecule has 0 spiro atoms. The number of aromatic amines is 1. The molecule has 0 aliphatic carbocycles. The first-order valence-electron chi connectivity index (χ1n) is 4.84. The van der Waals surface area contributed by atoms with Crippen LogP contribution in [0.3, 0.4) is 0 Å². The van der Waals surface area contributed by atoms with Crippen molar-refractivity contribution >= 4 is 0 Å². The van der Waals surface area contributed by atoms with Gasteiger partial charge in [-0.15, -0.1) is 0 Å². The Bertz CT molecular complexity index is 572. The molecule has 0 aliphatic heterocycles. The quantitative estimate of drug-likeness (QED) is 0.815. The summed E-state index contributed by atoms with van der Waals surface area (Å²) in [6.45, 7) is 0. The lowest BCUT2D eigenvalue weighted by molar-refractivity contribution is -0.137. The number of benzene rings is 1. The van der Waals surface area contributed by atoms with Crippen LogP contribution in [-0.2, 0) is 6.18 Å². The lowest BCUT2D eigenvalue weighted by Gasteiger charge is -2.07. The predicted octanol–water partition coefficient (Wildman–Crippen LogP) is 3.06. The van der Waals surface area contributed by atoms with Gasteiger partial charge in [-0.3, -0.25) is 4.79 Å². The van der Waals surface area contributed by atoms with Crippen molar-refractivity contribution in [2.45, 2.75) is 6.18 Å². The first kappa shape index (κ1) is 11.4. The molecule has 0 atom stereocenters. The molecule has 0 fully saturated rings. The van der Waals surface area contributed by atoms with E-state index in [-0.39, 0.29) is 5.56 Å². The average molecular weight is 239 g/mol. The van der Waals surface area contributed by atoms with Gasteiger partial charge in [0, 0.05) is 11.8 Å². The van der Waals surface area contributed by atoms with Crippen molar-refractivity contribution in [3.63, 3.8) is 0 Å². The molecule has 17 heavy (non-hydrogen) atoms. The summed E-state index contributed by atoms with van der Waals surface area (Å²) in [6, 6.07) is 9.08. The number of nitrogens with one attached hydrogen (secondary N) is 1. The maximum atomic E-state index is 12.5. The van der Waals surface area contributed by atoms with Gasteiger partial charge in [-0.05, 0) is 11.6 Å². The second kappa shape index (κ2) is 4.08. The molecule has 1 aromatic heterocycles. The van der Waals surface area contributed by atoms with Gasteiger partial charge in [-0.1, -0.05) is 30.3 Å². The maximum absolute atomic E-state index is 12.5. The highest BCUT2D eigenvalue weighted by Gasteiger charge is 2.31. The smallest absolute Gasteiger partial charge is 0.328 e. The lowest BCUT2D eigenvalue weighted by Crippen LogP contribution is -2.13. The normalized spacial score (nSPS) is 11.5. The zero-order valence-electron chi connectivity index (χ0n) is 8.58. The highest BCUT2D eigenvalue weighted by molar-refractivity contribution is 5.62. The van der Waals surface area contributed by atoms with E-state index in [0.29, 0.717) is 11.8 Å². The Hall–Kier alpha value is -2.04. The Morgan fingerprint density at radius 2 is 1.71 bits per heavy atom. The van der Waals surface area contributed by atoms with Crippen LogP contribution in [0.5, 0.6) is 0 Å². The number of halogens is 3. The van der Waals surface area contributed by atoms with Crippen LogP contribution in [0, 0.1) is 0 Å². The van der Waals surface area contributed by atoms with E-state index in [9.17, 15) is 18.0 Å². The molecule has 0 saturated carbocycles. The molecule has 1 N–H and O–H groups in total. The maximum Gasteiger partial charge on any atom is 0.417 e. The molecule has 1 aromatic carbocycles. The Balaban J connectivity index is 2.59. The van der Waals surface area contributed by atoms with E-state index in [0.717, 1.165) is 6.07 Å². The third kappa shape index (κ3) is 2.38. The standard InChI is InChI=1S/C12H8F3NO/c13-12(14,15)9-6-10(11(17)16-7-9)8-4-2-1-3-5-8/h1-7H,(H,16,17). The summed E-state index contributed by atoms with van der Waals surface area (Å²) in [6.07, 6.45) is -3.79. The molecule has 0 bridgehead atoms. The van der Waals surface area contributed by atoms with E-state index in [2.05, 4.69) is 4.98 Å². The Morgan fingerprint density at radius 1 is 1.06 bits per heavy atom. The van der Waals surface area contributed by atoms with Crippen LogP contribution in [-0.4, -0.2) is 4.98 Å². The topological polar surface area (TPSA) is 32.9 Å². The van der Waals surface area contributed by atoms with E-state index in [1.54, 1.807) is 30.3 Å². The average Bonchev–Trinajstić information content (AvgIpc) is 2.29. The Labute approximate surface area is 94.7 Å². The van der Waals surface area contributed by atoms with Crippen LogP contribution in [0.1, 0.15) is 5.56 Å². The first-order chi connectivity index (χ1) is 7.98. The highest BCUT2D eigenvalue weighted by atomic mass is 19.4. The second-order valence-electron chi connectivity index (χ2n) is 3.49. The molecule has 0 aliphatic rings. The minimum absolute atomic E-state index is 0.0143. The fraction of sp³-hybridized carbons (Fsp3) is 0.0833. The molecular formula is C12H8F3NO. The summed E-state index contributed by atoms with van der Waals surface area (Å²) in [7, 11) is 0. The van der Waals surface area contributed by atoms with Gasteiger partial charge < -0.3 is 4.98 Å². The largest absolute Gasteiger partial charge is 0.417 e. The van der Waals surface area contributed by atoms with E-state index >= 15 is 0 Å². The zero-order chi connectivity index (χ0) is 12.5. The van der Waals surface area contributed by atoms with Gasteiger partial charge in [0.25, 0.3) is 5.56 Å². The van der Waals surface area contributed by atoms with Gasteiger partial charge in [0.15, 0.2) is 0 Å².